The standard InChI is InChI=1S/C8H7BFN3O2/c10-7-5-11-8(4-6(7)9(14)15)13-3-1-2-12-13/h1-5,14-15H. The summed E-state index contributed by atoms with van der Waals surface area (Å²) < 4.78 is 14.4. The predicted octanol–water partition coefficient (Wildman–Crippen LogP) is -0.914. The van der Waals surface area contributed by atoms with E-state index in [9.17, 15) is 4.39 Å². The smallest absolute Gasteiger partial charge is 0.423 e. The second-order valence-corrected chi connectivity index (χ2v) is 2.89. The van der Waals surface area contributed by atoms with Gasteiger partial charge in [0.05, 0.1) is 6.20 Å². The highest BCUT2D eigenvalue weighted by molar-refractivity contribution is 6.58. The van der Waals surface area contributed by atoms with Gasteiger partial charge in [0.15, 0.2) is 5.82 Å². The Labute approximate surface area is 85.0 Å². The van der Waals surface area contributed by atoms with Crippen LogP contribution in [-0.4, -0.2) is 31.9 Å². The van der Waals surface area contributed by atoms with Gasteiger partial charge < -0.3 is 10.0 Å². The lowest BCUT2D eigenvalue weighted by atomic mass is 9.80. The molecule has 0 atom stereocenters. The Morgan fingerprint density at radius 1 is 1.40 bits per heavy atom. The summed E-state index contributed by atoms with van der Waals surface area (Å²) in [5.74, 6) is -0.439. The van der Waals surface area contributed by atoms with Crippen molar-refractivity contribution in [3.05, 3.63) is 36.5 Å². The molecule has 2 N–H and O–H groups in total. The Hall–Kier alpha value is -1.73. The highest BCUT2D eigenvalue weighted by Crippen LogP contribution is 2.02. The van der Waals surface area contributed by atoms with Gasteiger partial charge in [-0.3, -0.25) is 0 Å². The molecule has 0 amide bonds. The molecule has 15 heavy (non-hydrogen) atoms. The zero-order chi connectivity index (χ0) is 10.8. The van der Waals surface area contributed by atoms with E-state index in [0.29, 0.717) is 5.82 Å². The van der Waals surface area contributed by atoms with Gasteiger partial charge in [0.2, 0.25) is 0 Å². The van der Waals surface area contributed by atoms with Crippen molar-refractivity contribution < 1.29 is 14.4 Å². The molecule has 0 aromatic carbocycles. The van der Waals surface area contributed by atoms with Crippen LogP contribution >= 0.6 is 0 Å². The van der Waals surface area contributed by atoms with Gasteiger partial charge in [-0.2, -0.15) is 5.10 Å². The molecule has 0 saturated carbocycles. The average Bonchev–Trinajstić information content (AvgIpc) is 2.71. The molecule has 0 unspecified atom stereocenters. The number of hydrogen-bond donors (Lipinski definition) is 2. The minimum absolute atomic E-state index is 0.226. The number of halogens is 1. The first kappa shape index (κ1) is 9.82. The van der Waals surface area contributed by atoms with Crippen molar-refractivity contribution in [3.63, 3.8) is 0 Å². The molecule has 0 radical (unpaired) electrons. The Morgan fingerprint density at radius 3 is 2.80 bits per heavy atom. The Balaban J connectivity index is 2.48. The van der Waals surface area contributed by atoms with Crippen molar-refractivity contribution in [2.24, 2.45) is 0 Å². The molecule has 0 fully saturated rings. The maximum absolute atomic E-state index is 13.0. The molecule has 0 saturated heterocycles. The second-order valence-electron chi connectivity index (χ2n) is 2.89. The number of nitrogens with zero attached hydrogens (tertiary/aromatic N) is 3. The maximum Gasteiger partial charge on any atom is 0.491 e. The van der Waals surface area contributed by atoms with Gasteiger partial charge in [-0.25, -0.2) is 14.1 Å². The summed E-state index contributed by atoms with van der Waals surface area (Å²) in [4.78, 5) is 3.77. The van der Waals surface area contributed by atoms with E-state index in [-0.39, 0.29) is 5.46 Å². The maximum atomic E-state index is 13.0. The molecule has 76 valence electrons. The topological polar surface area (TPSA) is 71.2 Å². The fourth-order valence-electron chi connectivity index (χ4n) is 1.17. The molecule has 0 aliphatic heterocycles. The van der Waals surface area contributed by atoms with Crippen molar-refractivity contribution in [1.29, 1.82) is 0 Å². The van der Waals surface area contributed by atoms with Gasteiger partial charge >= 0.3 is 7.12 Å². The molecule has 7 heteroatoms. The van der Waals surface area contributed by atoms with Gasteiger partial charge in [-0.05, 0) is 12.1 Å². The quantitative estimate of drug-likeness (QED) is 0.625. The lowest BCUT2D eigenvalue weighted by molar-refractivity contribution is 0.422. The molecule has 0 bridgehead atoms. The third-order valence-electron chi connectivity index (χ3n) is 1.89. The Kier molecular flexibility index (Phi) is 2.48. The van der Waals surface area contributed by atoms with Crippen LogP contribution in [0.5, 0.6) is 0 Å². The minimum Gasteiger partial charge on any atom is -0.423 e. The van der Waals surface area contributed by atoms with Gasteiger partial charge in [-0.1, -0.05) is 0 Å². The summed E-state index contributed by atoms with van der Waals surface area (Å²) >= 11 is 0. The zero-order valence-corrected chi connectivity index (χ0v) is 7.58. The first-order valence-corrected chi connectivity index (χ1v) is 4.20. The summed E-state index contributed by atoms with van der Waals surface area (Å²) in [6.45, 7) is 0. The van der Waals surface area contributed by atoms with Crippen LogP contribution in [0.25, 0.3) is 5.82 Å². The lowest BCUT2D eigenvalue weighted by Crippen LogP contribution is -2.33. The molecule has 0 aliphatic rings. The van der Waals surface area contributed by atoms with E-state index >= 15 is 0 Å². The van der Waals surface area contributed by atoms with E-state index in [1.54, 1.807) is 18.5 Å². The zero-order valence-electron chi connectivity index (χ0n) is 7.58. The van der Waals surface area contributed by atoms with Gasteiger partial charge in [0, 0.05) is 17.9 Å². The van der Waals surface area contributed by atoms with E-state index in [1.165, 1.54) is 10.7 Å². The van der Waals surface area contributed by atoms with Crippen LogP contribution in [0.1, 0.15) is 0 Å². The van der Waals surface area contributed by atoms with Crippen molar-refractivity contribution >= 4 is 12.6 Å². The van der Waals surface area contributed by atoms with E-state index in [4.69, 9.17) is 10.0 Å². The van der Waals surface area contributed by atoms with Crippen LogP contribution in [0.4, 0.5) is 4.39 Å². The van der Waals surface area contributed by atoms with Crippen molar-refractivity contribution in [2.45, 2.75) is 0 Å². The minimum atomic E-state index is -1.86. The number of rotatable bonds is 2. The summed E-state index contributed by atoms with van der Waals surface area (Å²) in [5.41, 5.74) is -0.226. The molecule has 0 aliphatic carbocycles. The third-order valence-corrected chi connectivity index (χ3v) is 1.89. The highest BCUT2D eigenvalue weighted by Gasteiger charge is 2.18. The largest absolute Gasteiger partial charge is 0.491 e. The van der Waals surface area contributed by atoms with Crippen LogP contribution in [0.15, 0.2) is 30.7 Å². The molecule has 2 aromatic rings. The molecule has 0 spiro atoms. The SMILES string of the molecule is OB(O)c1cc(-n2cccn2)ncc1F. The van der Waals surface area contributed by atoms with Gasteiger partial charge in [-0.15, -0.1) is 0 Å². The van der Waals surface area contributed by atoms with Crippen molar-refractivity contribution in [1.82, 2.24) is 14.8 Å². The number of hydrogen-bond acceptors (Lipinski definition) is 4. The second kappa shape index (κ2) is 3.80. The first-order valence-electron chi connectivity index (χ1n) is 4.20. The van der Waals surface area contributed by atoms with Crippen LogP contribution in [-0.2, 0) is 0 Å². The summed E-state index contributed by atoms with van der Waals surface area (Å²) in [6.07, 6.45) is 4.08. The van der Waals surface area contributed by atoms with Crippen molar-refractivity contribution in [2.75, 3.05) is 0 Å². The Bertz CT molecular complexity index is 461. The number of aromatic nitrogens is 3. The fraction of sp³-hybridized carbons (Fsp3) is 0. The van der Waals surface area contributed by atoms with Gasteiger partial charge in [0.1, 0.15) is 5.82 Å². The van der Waals surface area contributed by atoms with E-state index < -0.39 is 12.9 Å². The molecule has 5 nitrogen and oxygen atoms in total. The van der Waals surface area contributed by atoms with E-state index in [1.807, 2.05) is 0 Å². The van der Waals surface area contributed by atoms with Crippen LogP contribution in [0.2, 0.25) is 0 Å². The fourth-order valence-corrected chi connectivity index (χ4v) is 1.17. The first-order chi connectivity index (χ1) is 7.18. The van der Waals surface area contributed by atoms with Gasteiger partial charge in [0.25, 0.3) is 0 Å². The number of pyridine rings is 1. The molecular formula is C8H7BFN3O2. The summed E-state index contributed by atoms with van der Waals surface area (Å²) in [7, 11) is -1.86. The summed E-state index contributed by atoms with van der Waals surface area (Å²) in [5, 5.41) is 21.7. The monoisotopic (exact) mass is 207 g/mol. The van der Waals surface area contributed by atoms with E-state index in [0.717, 1.165) is 6.20 Å². The lowest BCUT2D eigenvalue weighted by Gasteiger charge is -2.04. The molecule has 2 rings (SSSR count). The van der Waals surface area contributed by atoms with Crippen LogP contribution < -0.4 is 5.46 Å². The Morgan fingerprint density at radius 2 is 2.20 bits per heavy atom. The molecule has 2 heterocycles. The summed E-state index contributed by atoms with van der Waals surface area (Å²) in [6, 6.07) is 2.91. The highest BCUT2D eigenvalue weighted by atomic mass is 19.1. The van der Waals surface area contributed by atoms with Crippen LogP contribution in [0.3, 0.4) is 0 Å². The van der Waals surface area contributed by atoms with E-state index in [2.05, 4.69) is 10.1 Å². The predicted molar refractivity (Wildman–Crippen MR) is 51.1 cm³/mol. The third kappa shape index (κ3) is 1.88. The normalized spacial score (nSPS) is 10.3. The molecule has 2 aromatic heterocycles. The van der Waals surface area contributed by atoms with Crippen molar-refractivity contribution in [3.8, 4) is 5.82 Å². The molecular weight excluding hydrogens is 200 g/mol. The average molecular weight is 207 g/mol. The van der Waals surface area contributed by atoms with Crippen LogP contribution in [0, 0.1) is 5.82 Å².